The molecule has 0 N–H and O–H groups in total. The molecule has 3 aliphatic rings. The number of rotatable bonds is 2. The van der Waals surface area contributed by atoms with E-state index in [0.717, 1.165) is 6.42 Å². The maximum absolute atomic E-state index is 11.9. The molecule has 1 aliphatic heterocycles. The fourth-order valence-corrected chi connectivity index (χ4v) is 4.44. The molecule has 0 aromatic rings. The van der Waals surface area contributed by atoms with Crippen LogP contribution in [-0.2, 0) is 19.1 Å². The quantitative estimate of drug-likeness (QED) is 0.679. The summed E-state index contributed by atoms with van der Waals surface area (Å²) < 4.78 is 10.4. The number of hydrogen-bond acceptors (Lipinski definition) is 4. The average molecular weight is 238 g/mol. The molecule has 3 rings (SSSR count). The van der Waals surface area contributed by atoms with E-state index in [-0.39, 0.29) is 41.7 Å². The molecule has 2 aliphatic carbocycles. The van der Waals surface area contributed by atoms with Gasteiger partial charge in [0, 0.05) is 11.8 Å². The molecule has 1 saturated heterocycles. The Morgan fingerprint density at radius 3 is 2.71 bits per heavy atom. The smallest absolute Gasteiger partial charge is 0.310 e. The lowest BCUT2D eigenvalue weighted by Gasteiger charge is -2.32. The number of esters is 2. The number of fused-ring (bicyclic) bond motifs is 1. The zero-order chi connectivity index (χ0) is 12.3. The van der Waals surface area contributed by atoms with E-state index in [1.54, 1.807) is 0 Å². The first kappa shape index (κ1) is 11.1. The van der Waals surface area contributed by atoms with Crippen LogP contribution in [0.4, 0.5) is 0 Å². The molecule has 0 amide bonds. The van der Waals surface area contributed by atoms with Crippen LogP contribution in [0.2, 0.25) is 0 Å². The molecule has 6 atom stereocenters. The van der Waals surface area contributed by atoms with E-state index in [1.807, 2.05) is 0 Å². The Labute approximate surface area is 101 Å². The Hall–Kier alpha value is -1.06. The summed E-state index contributed by atoms with van der Waals surface area (Å²) in [5, 5.41) is 0. The summed E-state index contributed by atoms with van der Waals surface area (Å²) in [6, 6.07) is 0. The second-order valence-electron chi connectivity index (χ2n) is 5.86. The zero-order valence-corrected chi connectivity index (χ0v) is 10.4. The molecule has 2 bridgehead atoms. The maximum Gasteiger partial charge on any atom is 0.310 e. The second kappa shape index (κ2) is 3.47. The van der Waals surface area contributed by atoms with Gasteiger partial charge >= 0.3 is 11.9 Å². The largest absolute Gasteiger partial charge is 0.469 e. The van der Waals surface area contributed by atoms with Gasteiger partial charge in [0.05, 0.1) is 18.9 Å². The summed E-state index contributed by atoms with van der Waals surface area (Å²) in [7, 11) is 1.40. The number of carbonyl (C=O) groups is 2. The molecular weight excluding hydrogens is 220 g/mol. The van der Waals surface area contributed by atoms with Gasteiger partial charge in [0.25, 0.3) is 0 Å². The number of carbonyl (C=O) groups excluding carboxylic acids is 2. The molecule has 0 spiro atoms. The highest BCUT2D eigenvalue weighted by atomic mass is 16.6. The van der Waals surface area contributed by atoms with Crippen molar-refractivity contribution in [3.8, 4) is 0 Å². The van der Waals surface area contributed by atoms with Crippen LogP contribution in [-0.4, -0.2) is 25.2 Å². The minimum atomic E-state index is -0.261. The summed E-state index contributed by atoms with van der Waals surface area (Å²) in [4.78, 5) is 23.7. The lowest BCUT2D eigenvalue weighted by atomic mass is 9.70. The monoisotopic (exact) mass is 238 g/mol. The van der Waals surface area contributed by atoms with E-state index in [0.29, 0.717) is 11.8 Å². The zero-order valence-electron chi connectivity index (χ0n) is 10.4. The molecule has 4 heteroatoms. The van der Waals surface area contributed by atoms with Crippen LogP contribution in [0.3, 0.4) is 0 Å². The van der Waals surface area contributed by atoms with Crippen molar-refractivity contribution in [3.63, 3.8) is 0 Å². The topological polar surface area (TPSA) is 52.6 Å². The van der Waals surface area contributed by atoms with Crippen molar-refractivity contribution >= 4 is 11.9 Å². The normalized spacial score (nSPS) is 46.5. The van der Waals surface area contributed by atoms with Crippen LogP contribution in [0.5, 0.6) is 0 Å². The van der Waals surface area contributed by atoms with E-state index >= 15 is 0 Å². The molecule has 4 nitrogen and oxygen atoms in total. The lowest BCUT2D eigenvalue weighted by molar-refractivity contribution is -0.153. The first-order valence-electron chi connectivity index (χ1n) is 6.34. The van der Waals surface area contributed by atoms with Crippen molar-refractivity contribution in [3.05, 3.63) is 0 Å². The minimum absolute atomic E-state index is 0.0541. The lowest BCUT2D eigenvalue weighted by Crippen LogP contribution is -2.40. The third-order valence-corrected chi connectivity index (χ3v) is 4.92. The summed E-state index contributed by atoms with van der Waals surface area (Å²) in [5.74, 6) is 0.390. The highest BCUT2D eigenvalue weighted by Gasteiger charge is 2.68. The van der Waals surface area contributed by atoms with Crippen molar-refractivity contribution < 1.29 is 19.1 Å². The third-order valence-electron chi connectivity index (χ3n) is 4.92. The highest BCUT2D eigenvalue weighted by Crippen LogP contribution is 2.62. The van der Waals surface area contributed by atoms with Crippen LogP contribution < -0.4 is 0 Å². The van der Waals surface area contributed by atoms with Crippen molar-refractivity contribution in [1.29, 1.82) is 0 Å². The molecule has 0 aromatic carbocycles. The Morgan fingerprint density at radius 2 is 2.12 bits per heavy atom. The fraction of sp³-hybridized carbons (Fsp3) is 0.846. The van der Waals surface area contributed by atoms with E-state index in [9.17, 15) is 9.59 Å². The Kier molecular flexibility index (Phi) is 2.25. The van der Waals surface area contributed by atoms with Gasteiger partial charge in [-0.2, -0.15) is 0 Å². The van der Waals surface area contributed by atoms with Crippen LogP contribution in [0.25, 0.3) is 0 Å². The van der Waals surface area contributed by atoms with Crippen molar-refractivity contribution in [2.75, 3.05) is 7.11 Å². The minimum Gasteiger partial charge on any atom is -0.469 e. The van der Waals surface area contributed by atoms with Gasteiger partial charge in [-0.05, 0) is 18.3 Å². The standard InChI is InChI=1S/C13H18O4/c1-5(2)8-6-4-7-10(9(6)12(14)16-3)13(15)17-11(7)8/h5-11H,4H2,1-3H3. The van der Waals surface area contributed by atoms with Crippen LogP contribution in [0.1, 0.15) is 20.3 Å². The summed E-state index contributed by atoms with van der Waals surface area (Å²) in [6.07, 6.45) is 1.00. The molecule has 0 radical (unpaired) electrons. The summed E-state index contributed by atoms with van der Waals surface area (Å²) in [5.41, 5.74) is 0. The molecular formula is C13H18O4. The number of ether oxygens (including phenoxy) is 2. The second-order valence-corrected chi connectivity index (χ2v) is 5.86. The molecule has 0 aromatic heterocycles. The van der Waals surface area contributed by atoms with Gasteiger partial charge in [0.1, 0.15) is 6.10 Å². The average Bonchev–Trinajstić information content (AvgIpc) is 2.86. The number of hydrogen-bond donors (Lipinski definition) is 0. The van der Waals surface area contributed by atoms with Gasteiger partial charge in [0.2, 0.25) is 0 Å². The van der Waals surface area contributed by atoms with Gasteiger partial charge in [-0.1, -0.05) is 13.8 Å². The Balaban J connectivity index is 1.98. The SMILES string of the molecule is COC(=O)C1C2CC3C(OC(=O)C31)C2C(C)C. The Morgan fingerprint density at radius 1 is 1.41 bits per heavy atom. The van der Waals surface area contributed by atoms with E-state index < -0.39 is 0 Å². The molecule has 2 saturated carbocycles. The molecule has 6 unspecified atom stereocenters. The third kappa shape index (κ3) is 1.24. The van der Waals surface area contributed by atoms with Crippen LogP contribution in [0.15, 0.2) is 0 Å². The summed E-state index contributed by atoms with van der Waals surface area (Å²) >= 11 is 0. The van der Waals surface area contributed by atoms with E-state index in [2.05, 4.69) is 13.8 Å². The highest BCUT2D eigenvalue weighted by molar-refractivity contribution is 5.85. The first-order chi connectivity index (χ1) is 8.06. The van der Waals surface area contributed by atoms with E-state index in [1.165, 1.54) is 7.11 Å². The van der Waals surface area contributed by atoms with Gasteiger partial charge in [-0.25, -0.2) is 0 Å². The summed E-state index contributed by atoms with van der Waals surface area (Å²) in [6.45, 7) is 4.28. The van der Waals surface area contributed by atoms with Gasteiger partial charge in [-0.15, -0.1) is 0 Å². The van der Waals surface area contributed by atoms with Gasteiger partial charge < -0.3 is 9.47 Å². The van der Waals surface area contributed by atoms with Crippen molar-refractivity contribution in [1.82, 2.24) is 0 Å². The fourth-order valence-electron chi connectivity index (χ4n) is 4.44. The molecule has 94 valence electrons. The Bertz CT molecular complexity index is 376. The van der Waals surface area contributed by atoms with Crippen LogP contribution in [0, 0.1) is 35.5 Å². The molecule has 3 fully saturated rings. The first-order valence-corrected chi connectivity index (χ1v) is 6.34. The predicted octanol–water partition coefficient (Wildman–Crippen LogP) is 1.24. The predicted molar refractivity (Wildman–Crippen MR) is 58.8 cm³/mol. The molecule has 17 heavy (non-hydrogen) atoms. The van der Waals surface area contributed by atoms with Crippen molar-refractivity contribution in [2.45, 2.75) is 26.4 Å². The maximum atomic E-state index is 11.9. The number of methoxy groups -OCH3 is 1. The van der Waals surface area contributed by atoms with Gasteiger partial charge in [0.15, 0.2) is 0 Å². The van der Waals surface area contributed by atoms with Crippen LogP contribution >= 0.6 is 0 Å². The van der Waals surface area contributed by atoms with Gasteiger partial charge in [-0.3, -0.25) is 9.59 Å². The molecule has 1 heterocycles. The van der Waals surface area contributed by atoms with Crippen molar-refractivity contribution in [2.24, 2.45) is 35.5 Å². The van der Waals surface area contributed by atoms with E-state index in [4.69, 9.17) is 9.47 Å².